The van der Waals surface area contributed by atoms with E-state index in [0.29, 0.717) is 45.5 Å². The highest BCUT2D eigenvalue weighted by Gasteiger charge is 2.31. The smallest absolute Gasteiger partial charge is 0.251 e. The van der Waals surface area contributed by atoms with Crippen LogP contribution in [-0.2, 0) is 11.3 Å². The molecule has 6 nitrogen and oxygen atoms in total. The number of amides is 1. The molecule has 32 heavy (non-hydrogen) atoms. The molecule has 166 valence electrons. The Morgan fingerprint density at radius 2 is 2.03 bits per heavy atom. The normalized spacial score (nSPS) is 15.3. The summed E-state index contributed by atoms with van der Waals surface area (Å²) in [5.74, 6) is 3.30. The third-order valence-electron chi connectivity index (χ3n) is 4.77. The molecule has 1 aliphatic rings. The van der Waals surface area contributed by atoms with Crippen molar-refractivity contribution in [2.45, 2.75) is 26.4 Å². The van der Waals surface area contributed by atoms with Crippen LogP contribution in [0.1, 0.15) is 31.0 Å². The SMILES string of the molecule is C#CCOc1c(Br)cc([C@H]2NC(=S)NC(C)=C2C(=O)NCc2ccccc2)cc1OCC. The number of thiocarbonyl (C=S) groups is 1. The molecule has 3 N–H and O–H groups in total. The first-order chi connectivity index (χ1) is 15.4. The Bertz CT molecular complexity index is 1080. The van der Waals surface area contributed by atoms with Crippen LogP contribution in [0.2, 0.25) is 0 Å². The number of hydrogen-bond acceptors (Lipinski definition) is 4. The molecule has 0 radical (unpaired) electrons. The molecule has 0 unspecified atom stereocenters. The number of ether oxygens (including phenoxy) is 2. The van der Waals surface area contributed by atoms with Crippen LogP contribution in [0.15, 0.2) is 58.2 Å². The minimum atomic E-state index is -0.475. The Labute approximate surface area is 201 Å². The summed E-state index contributed by atoms with van der Waals surface area (Å²) in [7, 11) is 0. The quantitative estimate of drug-likeness (QED) is 0.366. The Hall–Kier alpha value is -3.02. The molecule has 3 rings (SSSR count). The number of hydrogen-bond donors (Lipinski definition) is 3. The highest BCUT2D eigenvalue weighted by Crippen LogP contribution is 2.40. The highest BCUT2D eigenvalue weighted by atomic mass is 79.9. The van der Waals surface area contributed by atoms with Gasteiger partial charge in [-0.05, 0) is 65.3 Å². The van der Waals surface area contributed by atoms with Gasteiger partial charge in [0.1, 0.15) is 6.61 Å². The van der Waals surface area contributed by atoms with Crippen LogP contribution < -0.4 is 25.4 Å². The molecule has 1 atom stereocenters. The molecule has 2 aromatic rings. The van der Waals surface area contributed by atoms with Crippen molar-refractivity contribution in [2.75, 3.05) is 13.2 Å². The van der Waals surface area contributed by atoms with Gasteiger partial charge >= 0.3 is 0 Å². The summed E-state index contributed by atoms with van der Waals surface area (Å²) in [4.78, 5) is 13.2. The summed E-state index contributed by atoms with van der Waals surface area (Å²) in [6, 6.07) is 13.0. The topological polar surface area (TPSA) is 71.6 Å². The van der Waals surface area contributed by atoms with E-state index in [9.17, 15) is 4.79 Å². The minimum absolute atomic E-state index is 0.111. The van der Waals surface area contributed by atoms with Gasteiger partial charge in [-0.3, -0.25) is 4.79 Å². The first-order valence-corrected chi connectivity index (χ1v) is 11.3. The van der Waals surface area contributed by atoms with Crippen LogP contribution in [-0.4, -0.2) is 24.2 Å². The van der Waals surface area contributed by atoms with E-state index >= 15 is 0 Å². The molecular weight excluding hydrogens is 490 g/mol. The monoisotopic (exact) mass is 513 g/mol. The fraction of sp³-hybridized carbons (Fsp3) is 0.250. The van der Waals surface area contributed by atoms with Gasteiger partial charge < -0.3 is 25.4 Å². The number of rotatable bonds is 8. The zero-order chi connectivity index (χ0) is 23.1. The molecular formula is C24H24BrN3O3S. The van der Waals surface area contributed by atoms with Crippen LogP contribution in [0.25, 0.3) is 0 Å². The van der Waals surface area contributed by atoms with E-state index in [2.05, 4.69) is 37.8 Å². The van der Waals surface area contributed by atoms with E-state index in [4.69, 9.17) is 28.1 Å². The molecule has 2 aromatic carbocycles. The van der Waals surface area contributed by atoms with E-state index < -0.39 is 6.04 Å². The first kappa shape index (κ1) is 23.6. The summed E-state index contributed by atoms with van der Waals surface area (Å²) in [6.07, 6.45) is 5.34. The van der Waals surface area contributed by atoms with Crippen molar-refractivity contribution in [2.24, 2.45) is 0 Å². The number of carbonyl (C=O) groups excluding carboxylic acids is 1. The second-order valence-electron chi connectivity index (χ2n) is 6.99. The zero-order valence-corrected chi connectivity index (χ0v) is 20.2. The second kappa shape index (κ2) is 11.0. The standard InChI is InChI=1S/C24H24BrN3O3S/c1-4-11-31-22-18(25)12-17(13-19(22)30-5-2)21-20(15(3)27-24(32)28-21)23(29)26-14-16-9-7-6-8-10-16/h1,6-10,12-13,21H,5,11,14H2,2-3H3,(H,26,29)(H2,27,28,32)/t21-/m1/s1. The number of carbonyl (C=O) groups is 1. The van der Waals surface area contributed by atoms with Gasteiger partial charge in [-0.15, -0.1) is 6.42 Å². The van der Waals surface area contributed by atoms with E-state index in [-0.39, 0.29) is 12.5 Å². The maximum Gasteiger partial charge on any atom is 0.251 e. The summed E-state index contributed by atoms with van der Waals surface area (Å²) < 4.78 is 12.1. The lowest BCUT2D eigenvalue weighted by Gasteiger charge is -2.31. The molecule has 0 spiro atoms. The largest absolute Gasteiger partial charge is 0.490 e. The molecule has 0 saturated heterocycles. The van der Waals surface area contributed by atoms with E-state index in [0.717, 1.165) is 11.1 Å². The maximum atomic E-state index is 13.2. The molecule has 8 heteroatoms. The summed E-state index contributed by atoms with van der Waals surface area (Å²) in [6.45, 7) is 4.69. The van der Waals surface area contributed by atoms with Crippen molar-refractivity contribution >= 4 is 39.2 Å². The lowest BCUT2D eigenvalue weighted by Crippen LogP contribution is -2.46. The van der Waals surface area contributed by atoms with Gasteiger partial charge in [-0.1, -0.05) is 36.3 Å². The van der Waals surface area contributed by atoms with Crippen LogP contribution in [0.3, 0.4) is 0 Å². The summed E-state index contributed by atoms with van der Waals surface area (Å²) in [5.41, 5.74) is 3.04. The van der Waals surface area contributed by atoms with Crippen LogP contribution in [0, 0.1) is 12.3 Å². The third-order valence-corrected chi connectivity index (χ3v) is 5.58. The molecule has 1 aliphatic heterocycles. The van der Waals surface area contributed by atoms with Gasteiger partial charge in [0.05, 0.1) is 22.7 Å². The fourth-order valence-electron chi connectivity index (χ4n) is 3.39. The van der Waals surface area contributed by atoms with Crippen molar-refractivity contribution < 1.29 is 14.3 Å². The number of allylic oxidation sites excluding steroid dienone is 1. The van der Waals surface area contributed by atoms with Crippen LogP contribution >= 0.6 is 28.1 Å². The van der Waals surface area contributed by atoms with Gasteiger partial charge in [0.2, 0.25) is 0 Å². The molecule has 1 heterocycles. The van der Waals surface area contributed by atoms with E-state index in [1.54, 1.807) is 0 Å². The number of nitrogens with one attached hydrogen (secondary N) is 3. The Morgan fingerprint density at radius 3 is 2.72 bits per heavy atom. The Morgan fingerprint density at radius 1 is 1.28 bits per heavy atom. The number of benzene rings is 2. The van der Waals surface area contributed by atoms with Gasteiger partial charge in [-0.25, -0.2) is 0 Å². The third kappa shape index (κ3) is 5.61. The Kier molecular flexibility index (Phi) is 8.14. The molecule has 1 amide bonds. The Balaban J connectivity index is 1.94. The van der Waals surface area contributed by atoms with Gasteiger partial charge in [0.25, 0.3) is 5.91 Å². The second-order valence-corrected chi connectivity index (χ2v) is 8.26. The molecule has 0 bridgehead atoms. The predicted octanol–water partition coefficient (Wildman–Crippen LogP) is 3.97. The van der Waals surface area contributed by atoms with Crippen LogP contribution in [0.4, 0.5) is 0 Å². The van der Waals surface area contributed by atoms with Crippen molar-refractivity contribution in [1.82, 2.24) is 16.0 Å². The maximum absolute atomic E-state index is 13.2. The summed E-state index contributed by atoms with van der Waals surface area (Å²) >= 11 is 8.91. The van der Waals surface area contributed by atoms with Crippen molar-refractivity contribution in [1.29, 1.82) is 0 Å². The minimum Gasteiger partial charge on any atom is -0.490 e. The zero-order valence-electron chi connectivity index (χ0n) is 17.8. The number of halogens is 1. The highest BCUT2D eigenvalue weighted by molar-refractivity contribution is 9.10. The average molecular weight is 514 g/mol. The average Bonchev–Trinajstić information content (AvgIpc) is 2.77. The predicted molar refractivity (Wildman–Crippen MR) is 132 cm³/mol. The lowest BCUT2D eigenvalue weighted by molar-refractivity contribution is -0.118. The van der Waals surface area contributed by atoms with Gasteiger partial charge in [0, 0.05) is 12.2 Å². The van der Waals surface area contributed by atoms with Crippen molar-refractivity contribution in [3.05, 3.63) is 69.3 Å². The van der Waals surface area contributed by atoms with E-state index in [1.807, 2.05) is 56.3 Å². The molecule has 0 aliphatic carbocycles. The first-order valence-electron chi connectivity index (χ1n) is 10.1. The molecule has 0 aromatic heterocycles. The van der Waals surface area contributed by atoms with E-state index in [1.165, 1.54) is 0 Å². The van der Waals surface area contributed by atoms with Crippen molar-refractivity contribution in [3.8, 4) is 23.8 Å². The lowest BCUT2D eigenvalue weighted by atomic mass is 9.94. The summed E-state index contributed by atoms with van der Waals surface area (Å²) in [5, 5.41) is 9.69. The van der Waals surface area contributed by atoms with Crippen molar-refractivity contribution in [3.63, 3.8) is 0 Å². The molecule has 0 fully saturated rings. The van der Waals surface area contributed by atoms with Crippen LogP contribution in [0.5, 0.6) is 11.5 Å². The van der Waals surface area contributed by atoms with Gasteiger partial charge in [-0.2, -0.15) is 0 Å². The number of terminal acetylenes is 1. The van der Waals surface area contributed by atoms with Gasteiger partial charge in [0.15, 0.2) is 16.6 Å². The fourth-order valence-corrected chi connectivity index (χ4v) is 4.23. The molecule has 0 saturated carbocycles.